The van der Waals surface area contributed by atoms with Crippen molar-refractivity contribution in [3.63, 3.8) is 0 Å². The van der Waals surface area contributed by atoms with Crippen LogP contribution in [0.1, 0.15) is 28.8 Å². The van der Waals surface area contributed by atoms with Gasteiger partial charge in [-0.05, 0) is 50.9 Å². The molecule has 0 saturated carbocycles. The fourth-order valence-corrected chi connectivity index (χ4v) is 2.44. The Labute approximate surface area is 117 Å². The van der Waals surface area contributed by atoms with E-state index in [0.29, 0.717) is 23.6 Å². The molecule has 0 bridgehead atoms. The van der Waals surface area contributed by atoms with Crippen LogP contribution in [0.25, 0.3) is 0 Å². The molecule has 0 spiro atoms. The highest BCUT2D eigenvalue weighted by Gasteiger charge is 2.16. The van der Waals surface area contributed by atoms with Gasteiger partial charge in [-0.3, -0.25) is 14.9 Å². The summed E-state index contributed by atoms with van der Waals surface area (Å²) < 4.78 is 0. The van der Waals surface area contributed by atoms with Crippen molar-refractivity contribution in [2.75, 3.05) is 19.6 Å². The Hall–Kier alpha value is -1.95. The number of aryl methyl sites for hydroxylation is 1. The predicted molar refractivity (Wildman–Crippen MR) is 75.8 cm³/mol. The summed E-state index contributed by atoms with van der Waals surface area (Å²) in [5.41, 5.74) is 1.01. The van der Waals surface area contributed by atoms with Gasteiger partial charge in [0.2, 0.25) is 0 Å². The Kier molecular flexibility index (Phi) is 4.68. The van der Waals surface area contributed by atoms with Gasteiger partial charge in [-0.2, -0.15) is 0 Å². The number of rotatable bonds is 4. The summed E-state index contributed by atoms with van der Waals surface area (Å²) >= 11 is 0. The number of nitro groups is 1. The first kappa shape index (κ1) is 14.5. The van der Waals surface area contributed by atoms with Crippen LogP contribution < -0.4 is 10.6 Å². The summed E-state index contributed by atoms with van der Waals surface area (Å²) in [6.45, 7) is 4.26. The van der Waals surface area contributed by atoms with Crippen molar-refractivity contribution in [1.29, 1.82) is 0 Å². The van der Waals surface area contributed by atoms with Crippen molar-refractivity contribution in [1.82, 2.24) is 10.6 Å². The van der Waals surface area contributed by atoms with Gasteiger partial charge < -0.3 is 10.6 Å². The molecule has 1 aromatic carbocycles. The Morgan fingerprint density at radius 1 is 1.55 bits per heavy atom. The van der Waals surface area contributed by atoms with Gasteiger partial charge in [0.15, 0.2) is 0 Å². The molecule has 2 N–H and O–H groups in total. The zero-order chi connectivity index (χ0) is 14.5. The lowest BCUT2D eigenvalue weighted by Gasteiger charge is -2.22. The number of benzene rings is 1. The Bertz CT molecular complexity index is 510. The molecule has 1 saturated heterocycles. The van der Waals surface area contributed by atoms with E-state index in [4.69, 9.17) is 0 Å². The minimum absolute atomic E-state index is 0.0398. The van der Waals surface area contributed by atoms with Crippen molar-refractivity contribution in [2.24, 2.45) is 5.92 Å². The molecule has 2 rings (SSSR count). The van der Waals surface area contributed by atoms with Crippen LogP contribution in [0.5, 0.6) is 0 Å². The molecule has 1 aromatic rings. The third-order valence-corrected chi connectivity index (χ3v) is 3.61. The van der Waals surface area contributed by atoms with Gasteiger partial charge in [0.25, 0.3) is 11.6 Å². The lowest BCUT2D eigenvalue weighted by Crippen LogP contribution is -2.38. The zero-order valence-corrected chi connectivity index (χ0v) is 11.5. The molecule has 1 amide bonds. The molecule has 1 unspecified atom stereocenters. The largest absolute Gasteiger partial charge is 0.352 e. The quantitative estimate of drug-likeness (QED) is 0.647. The Morgan fingerprint density at radius 3 is 2.95 bits per heavy atom. The molecule has 1 aliphatic rings. The maximum atomic E-state index is 12.0. The van der Waals surface area contributed by atoms with Crippen molar-refractivity contribution < 1.29 is 9.72 Å². The van der Waals surface area contributed by atoms with E-state index in [0.717, 1.165) is 25.9 Å². The van der Waals surface area contributed by atoms with E-state index in [1.807, 2.05) is 0 Å². The fraction of sp³-hybridized carbons (Fsp3) is 0.500. The average Bonchev–Trinajstić information content (AvgIpc) is 2.45. The molecule has 20 heavy (non-hydrogen) atoms. The molecule has 1 heterocycles. The van der Waals surface area contributed by atoms with E-state index >= 15 is 0 Å². The number of hydrogen-bond acceptors (Lipinski definition) is 4. The molecule has 6 nitrogen and oxygen atoms in total. The van der Waals surface area contributed by atoms with Crippen LogP contribution in [-0.2, 0) is 0 Å². The van der Waals surface area contributed by atoms with E-state index in [2.05, 4.69) is 10.6 Å². The molecule has 0 aromatic heterocycles. The highest BCUT2D eigenvalue weighted by atomic mass is 16.6. The van der Waals surface area contributed by atoms with Gasteiger partial charge in [0, 0.05) is 23.7 Å². The molecule has 1 fully saturated rings. The standard InChI is InChI=1S/C14H19N3O3/c1-10-7-12(4-5-13(10)17(19)20)14(18)16-9-11-3-2-6-15-8-11/h4-5,7,11,15H,2-3,6,8-9H2,1H3,(H,16,18). The average molecular weight is 277 g/mol. The molecule has 1 aliphatic heterocycles. The van der Waals surface area contributed by atoms with Crippen LogP contribution in [0.4, 0.5) is 5.69 Å². The minimum atomic E-state index is -0.440. The molecular formula is C14H19N3O3. The summed E-state index contributed by atoms with van der Waals surface area (Å²) in [6, 6.07) is 4.44. The molecule has 6 heteroatoms. The van der Waals surface area contributed by atoms with E-state index in [1.54, 1.807) is 13.0 Å². The van der Waals surface area contributed by atoms with Gasteiger partial charge in [0.05, 0.1) is 4.92 Å². The van der Waals surface area contributed by atoms with Crippen LogP contribution in [0.2, 0.25) is 0 Å². The SMILES string of the molecule is Cc1cc(C(=O)NCC2CCCNC2)ccc1[N+](=O)[O-]. The molecule has 108 valence electrons. The highest BCUT2D eigenvalue weighted by molar-refractivity contribution is 5.94. The lowest BCUT2D eigenvalue weighted by molar-refractivity contribution is -0.385. The van der Waals surface area contributed by atoms with Crippen LogP contribution >= 0.6 is 0 Å². The number of carbonyl (C=O) groups is 1. The molecule has 1 atom stereocenters. The third-order valence-electron chi connectivity index (χ3n) is 3.61. The zero-order valence-electron chi connectivity index (χ0n) is 11.5. The van der Waals surface area contributed by atoms with Crippen LogP contribution in [-0.4, -0.2) is 30.5 Å². The summed E-state index contributed by atoms with van der Waals surface area (Å²) in [5, 5.41) is 16.9. The first-order valence-electron chi connectivity index (χ1n) is 6.82. The number of hydrogen-bond donors (Lipinski definition) is 2. The number of nitrogens with zero attached hydrogens (tertiary/aromatic N) is 1. The van der Waals surface area contributed by atoms with E-state index in [-0.39, 0.29) is 11.6 Å². The van der Waals surface area contributed by atoms with Crippen molar-refractivity contribution in [3.05, 3.63) is 39.4 Å². The molecule has 0 radical (unpaired) electrons. The lowest BCUT2D eigenvalue weighted by atomic mass is 9.99. The van der Waals surface area contributed by atoms with Gasteiger partial charge >= 0.3 is 0 Å². The first-order chi connectivity index (χ1) is 9.58. The van der Waals surface area contributed by atoms with Gasteiger partial charge in [-0.15, -0.1) is 0 Å². The molecular weight excluding hydrogens is 258 g/mol. The van der Waals surface area contributed by atoms with Crippen molar-refractivity contribution in [2.45, 2.75) is 19.8 Å². The Balaban J connectivity index is 1.95. The predicted octanol–water partition coefficient (Wildman–Crippen LogP) is 1.63. The highest BCUT2D eigenvalue weighted by Crippen LogP contribution is 2.18. The summed E-state index contributed by atoms with van der Waals surface area (Å²) in [6.07, 6.45) is 2.25. The van der Waals surface area contributed by atoms with Crippen LogP contribution in [0, 0.1) is 23.0 Å². The maximum absolute atomic E-state index is 12.0. The smallest absolute Gasteiger partial charge is 0.272 e. The summed E-state index contributed by atoms with van der Waals surface area (Å²) in [4.78, 5) is 22.3. The van der Waals surface area contributed by atoms with Crippen molar-refractivity contribution in [3.8, 4) is 0 Å². The minimum Gasteiger partial charge on any atom is -0.352 e. The normalized spacial score (nSPS) is 18.6. The third kappa shape index (κ3) is 3.54. The summed E-state index contributed by atoms with van der Waals surface area (Å²) in [5.74, 6) is 0.292. The molecule has 0 aliphatic carbocycles. The number of carbonyl (C=O) groups excluding carboxylic acids is 1. The topological polar surface area (TPSA) is 84.3 Å². The second kappa shape index (κ2) is 6.47. The van der Waals surface area contributed by atoms with Gasteiger partial charge in [0.1, 0.15) is 0 Å². The number of amides is 1. The van der Waals surface area contributed by atoms with Crippen LogP contribution in [0.15, 0.2) is 18.2 Å². The van der Waals surface area contributed by atoms with E-state index in [9.17, 15) is 14.9 Å². The second-order valence-corrected chi connectivity index (χ2v) is 5.18. The number of piperidine rings is 1. The van der Waals surface area contributed by atoms with E-state index < -0.39 is 4.92 Å². The first-order valence-corrected chi connectivity index (χ1v) is 6.82. The van der Waals surface area contributed by atoms with Gasteiger partial charge in [-0.1, -0.05) is 0 Å². The second-order valence-electron chi connectivity index (χ2n) is 5.18. The maximum Gasteiger partial charge on any atom is 0.272 e. The number of nitro benzene ring substituents is 1. The van der Waals surface area contributed by atoms with Crippen LogP contribution in [0.3, 0.4) is 0 Å². The summed E-state index contributed by atoms with van der Waals surface area (Å²) in [7, 11) is 0. The van der Waals surface area contributed by atoms with Crippen molar-refractivity contribution >= 4 is 11.6 Å². The Morgan fingerprint density at radius 2 is 2.35 bits per heavy atom. The monoisotopic (exact) mass is 277 g/mol. The van der Waals surface area contributed by atoms with Gasteiger partial charge in [-0.25, -0.2) is 0 Å². The van der Waals surface area contributed by atoms with E-state index in [1.165, 1.54) is 12.1 Å². The fourth-order valence-electron chi connectivity index (χ4n) is 2.44. The number of nitrogens with one attached hydrogen (secondary N) is 2.